The van der Waals surface area contributed by atoms with Crippen LogP contribution in [0.5, 0.6) is 0 Å². The van der Waals surface area contributed by atoms with Crippen LogP contribution in [0.3, 0.4) is 0 Å². The highest BCUT2D eigenvalue weighted by atomic mass is 32.2. The number of Topliss-reactive ketones (excluding diaryl/α,β-unsaturated/α-hetero) is 1. The van der Waals surface area contributed by atoms with Crippen LogP contribution in [-0.2, 0) is 14.6 Å². The van der Waals surface area contributed by atoms with Crippen LogP contribution < -0.4 is 0 Å². The standard InChI is InChI=1S/C11H12F2O3S/c1-8(14)3-2-6-17(15,16)11-7-9(12)4-5-10(11)13/h4-5,7H,2-3,6H2,1H3. The molecule has 0 aliphatic rings. The van der Waals surface area contributed by atoms with Crippen LogP contribution in [0.2, 0.25) is 0 Å². The molecule has 0 bridgehead atoms. The van der Waals surface area contributed by atoms with Crippen molar-refractivity contribution in [3.63, 3.8) is 0 Å². The van der Waals surface area contributed by atoms with E-state index in [1.807, 2.05) is 0 Å². The molecule has 1 rings (SSSR count). The highest BCUT2D eigenvalue weighted by molar-refractivity contribution is 7.91. The van der Waals surface area contributed by atoms with Crippen molar-refractivity contribution >= 4 is 15.6 Å². The predicted octanol–water partition coefficient (Wildman–Crippen LogP) is 2.11. The van der Waals surface area contributed by atoms with Gasteiger partial charge in [0.05, 0.1) is 5.75 Å². The van der Waals surface area contributed by atoms with E-state index in [1.54, 1.807) is 0 Å². The highest BCUT2D eigenvalue weighted by Gasteiger charge is 2.19. The van der Waals surface area contributed by atoms with Gasteiger partial charge in [-0.3, -0.25) is 0 Å². The summed E-state index contributed by atoms with van der Waals surface area (Å²) in [6, 6.07) is 2.27. The van der Waals surface area contributed by atoms with Crippen LogP contribution in [0.1, 0.15) is 19.8 Å². The van der Waals surface area contributed by atoms with E-state index in [1.165, 1.54) is 6.92 Å². The Balaban J connectivity index is 2.89. The molecule has 1 aromatic carbocycles. The van der Waals surface area contributed by atoms with Gasteiger partial charge in [-0.2, -0.15) is 0 Å². The third-order valence-corrected chi connectivity index (χ3v) is 3.98. The molecule has 6 heteroatoms. The molecular weight excluding hydrogens is 250 g/mol. The van der Waals surface area contributed by atoms with E-state index in [2.05, 4.69) is 0 Å². The Bertz CT molecular complexity index is 524. The molecular formula is C11H12F2O3S. The number of carbonyl (C=O) groups excluding carboxylic acids is 1. The van der Waals surface area contributed by atoms with Gasteiger partial charge in [0.2, 0.25) is 0 Å². The van der Waals surface area contributed by atoms with Gasteiger partial charge in [0.25, 0.3) is 0 Å². The van der Waals surface area contributed by atoms with Crippen molar-refractivity contribution in [3.05, 3.63) is 29.8 Å². The fraction of sp³-hybridized carbons (Fsp3) is 0.364. The molecule has 0 heterocycles. The highest BCUT2D eigenvalue weighted by Crippen LogP contribution is 2.18. The van der Waals surface area contributed by atoms with Crippen molar-refractivity contribution < 1.29 is 22.0 Å². The first kappa shape index (κ1) is 13.8. The molecule has 3 nitrogen and oxygen atoms in total. The van der Waals surface area contributed by atoms with Crippen LogP contribution >= 0.6 is 0 Å². The van der Waals surface area contributed by atoms with Gasteiger partial charge in [-0.25, -0.2) is 17.2 Å². The second-order valence-corrected chi connectivity index (χ2v) is 5.78. The molecule has 0 amide bonds. The number of carbonyl (C=O) groups is 1. The van der Waals surface area contributed by atoms with E-state index in [0.717, 1.165) is 12.1 Å². The van der Waals surface area contributed by atoms with Crippen LogP contribution in [0.15, 0.2) is 23.1 Å². The van der Waals surface area contributed by atoms with Crippen LogP contribution in [0.4, 0.5) is 8.78 Å². The van der Waals surface area contributed by atoms with Gasteiger partial charge < -0.3 is 4.79 Å². The summed E-state index contributed by atoms with van der Waals surface area (Å²) in [5, 5.41) is 0. The molecule has 17 heavy (non-hydrogen) atoms. The van der Waals surface area contributed by atoms with E-state index >= 15 is 0 Å². The monoisotopic (exact) mass is 262 g/mol. The third-order valence-electron chi connectivity index (χ3n) is 2.17. The zero-order chi connectivity index (χ0) is 13.1. The van der Waals surface area contributed by atoms with Gasteiger partial charge in [0, 0.05) is 6.42 Å². The van der Waals surface area contributed by atoms with Crippen molar-refractivity contribution in [1.82, 2.24) is 0 Å². The summed E-state index contributed by atoms with van der Waals surface area (Å²) in [5.41, 5.74) is 0. The SMILES string of the molecule is CC(=O)CCCS(=O)(=O)c1cc(F)ccc1F. The fourth-order valence-electron chi connectivity index (χ4n) is 1.34. The van der Waals surface area contributed by atoms with Gasteiger partial charge in [-0.1, -0.05) is 0 Å². The van der Waals surface area contributed by atoms with E-state index in [-0.39, 0.29) is 24.4 Å². The summed E-state index contributed by atoms with van der Waals surface area (Å²) in [6.45, 7) is 1.34. The number of rotatable bonds is 5. The average Bonchev–Trinajstić information content (AvgIpc) is 2.20. The number of hydrogen-bond acceptors (Lipinski definition) is 3. The van der Waals surface area contributed by atoms with Gasteiger partial charge in [-0.05, 0) is 31.5 Å². The van der Waals surface area contributed by atoms with E-state index in [0.29, 0.717) is 6.07 Å². The Morgan fingerprint density at radius 1 is 1.29 bits per heavy atom. The first-order chi connectivity index (χ1) is 7.83. The van der Waals surface area contributed by atoms with Gasteiger partial charge in [0.15, 0.2) is 9.84 Å². The summed E-state index contributed by atoms with van der Waals surface area (Å²) >= 11 is 0. The molecule has 0 aliphatic carbocycles. The summed E-state index contributed by atoms with van der Waals surface area (Å²) < 4.78 is 49.4. The lowest BCUT2D eigenvalue weighted by atomic mass is 10.3. The molecule has 0 spiro atoms. The molecule has 1 aromatic rings. The average molecular weight is 262 g/mol. The lowest BCUT2D eigenvalue weighted by Crippen LogP contribution is -2.10. The summed E-state index contributed by atoms with van der Waals surface area (Å²) in [6.07, 6.45) is 0.212. The van der Waals surface area contributed by atoms with E-state index in [9.17, 15) is 22.0 Å². The predicted molar refractivity (Wildman–Crippen MR) is 58.3 cm³/mol. The minimum absolute atomic E-state index is 0.105. The van der Waals surface area contributed by atoms with Crippen LogP contribution in [-0.4, -0.2) is 20.0 Å². The Hall–Kier alpha value is -1.30. The first-order valence-corrected chi connectivity index (χ1v) is 6.65. The molecule has 0 fully saturated rings. The number of hydrogen-bond donors (Lipinski definition) is 0. The van der Waals surface area contributed by atoms with Gasteiger partial charge >= 0.3 is 0 Å². The molecule has 0 unspecified atom stereocenters. The Kier molecular flexibility index (Phi) is 4.34. The van der Waals surface area contributed by atoms with Crippen LogP contribution in [0, 0.1) is 11.6 Å². The topological polar surface area (TPSA) is 51.2 Å². The van der Waals surface area contributed by atoms with Gasteiger partial charge in [-0.15, -0.1) is 0 Å². The Labute approximate surface area is 98.4 Å². The van der Waals surface area contributed by atoms with E-state index < -0.39 is 26.4 Å². The van der Waals surface area contributed by atoms with Crippen LogP contribution in [0.25, 0.3) is 0 Å². The second kappa shape index (κ2) is 5.35. The molecule has 0 aromatic heterocycles. The van der Waals surface area contributed by atoms with Crippen molar-refractivity contribution in [2.45, 2.75) is 24.7 Å². The molecule has 0 atom stereocenters. The maximum Gasteiger partial charge on any atom is 0.181 e. The summed E-state index contributed by atoms with van der Waals surface area (Å²) in [4.78, 5) is 10.0. The maximum absolute atomic E-state index is 13.2. The lowest BCUT2D eigenvalue weighted by Gasteiger charge is -2.05. The first-order valence-electron chi connectivity index (χ1n) is 5.00. The normalized spacial score (nSPS) is 11.5. The van der Waals surface area contributed by atoms with Crippen molar-refractivity contribution in [1.29, 1.82) is 0 Å². The fourth-order valence-corrected chi connectivity index (χ4v) is 2.74. The molecule has 0 N–H and O–H groups in total. The smallest absolute Gasteiger partial charge is 0.181 e. The summed E-state index contributed by atoms with van der Waals surface area (Å²) in [7, 11) is -3.88. The minimum atomic E-state index is -3.88. The van der Waals surface area contributed by atoms with Crippen molar-refractivity contribution in [3.8, 4) is 0 Å². The largest absolute Gasteiger partial charge is 0.300 e. The quantitative estimate of drug-likeness (QED) is 0.816. The van der Waals surface area contributed by atoms with Gasteiger partial charge in [0.1, 0.15) is 22.3 Å². The molecule has 0 saturated carbocycles. The number of benzene rings is 1. The number of ketones is 1. The Morgan fingerprint density at radius 3 is 2.53 bits per heavy atom. The minimum Gasteiger partial charge on any atom is -0.300 e. The van der Waals surface area contributed by atoms with Crippen molar-refractivity contribution in [2.75, 3.05) is 5.75 Å². The molecule has 0 radical (unpaired) electrons. The van der Waals surface area contributed by atoms with Crippen molar-refractivity contribution in [2.24, 2.45) is 0 Å². The third kappa shape index (κ3) is 3.89. The Morgan fingerprint density at radius 2 is 1.94 bits per heavy atom. The zero-order valence-corrected chi connectivity index (χ0v) is 10.1. The molecule has 94 valence electrons. The lowest BCUT2D eigenvalue weighted by molar-refractivity contribution is -0.117. The number of halogens is 2. The molecule has 0 saturated heterocycles. The summed E-state index contributed by atoms with van der Waals surface area (Å²) in [5.74, 6) is -2.29. The zero-order valence-electron chi connectivity index (χ0n) is 9.24. The maximum atomic E-state index is 13.2. The second-order valence-electron chi connectivity index (χ2n) is 3.70. The molecule has 0 aliphatic heterocycles. The van der Waals surface area contributed by atoms with E-state index in [4.69, 9.17) is 0 Å². The number of sulfone groups is 1.